The molecule has 1 N–H and O–H groups in total. The lowest BCUT2D eigenvalue weighted by Crippen LogP contribution is -2.48. The number of benzene rings is 3. The highest BCUT2D eigenvalue weighted by molar-refractivity contribution is 9.10. The van der Waals surface area contributed by atoms with E-state index in [1.807, 2.05) is 0 Å². The van der Waals surface area contributed by atoms with E-state index in [9.17, 15) is 18.8 Å². The third-order valence-electron chi connectivity index (χ3n) is 6.07. The number of methoxy groups -OCH3 is 1. The van der Waals surface area contributed by atoms with Crippen molar-refractivity contribution in [1.82, 2.24) is 10.4 Å². The first-order valence-electron chi connectivity index (χ1n) is 10.5. The van der Waals surface area contributed by atoms with Gasteiger partial charge in [0.25, 0.3) is 11.8 Å². The number of carbonyl (C=O) groups excluding carboxylic acids is 3. The average molecular weight is 524 g/mol. The number of nitrogens with zero attached hydrogens (tertiary/aromatic N) is 2. The lowest BCUT2D eigenvalue weighted by molar-refractivity contribution is -0.123. The lowest BCUT2D eigenvalue weighted by atomic mass is 9.90. The summed E-state index contributed by atoms with van der Waals surface area (Å²) in [6, 6.07) is 17.3. The quantitative estimate of drug-likeness (QED) is 0.525. The van der Waals surface area contributed by atoms with Gasteiger partial charge in [0.05, 0.1) is 24.8 Å². The van der Waals surface area contributed by atoms with E-state index in [0.29, 0.717) is 21.3 Å². The largest absolute Gasteiger partial charge is 0.496 e. The van der Waals surface area contributed by atoms with Crippen molar-refractivity contribution in [2.45, 2.75) is 12.1 Å². The third kappa shape index (κ3) is 3.57. The van der Waals surface area contributed by atoms with Gasteiger partial charge in [-0.1, -0.05) is 46.3 Å². The summed E-state index contributed by atoms with van der Waals surface area (Å²) in [7, 11) is 1.51. The second-order valence-corrected chi connectivity index (χ2v) is 8.91. The number of hydrogen-bond donors (Lipinski definition) is 1. The molecule has 3 unspecified atom stereocenters. The summed E-state index contributed by atoms with van der Waals surface area (Å²) in [4.78, 5) is 41.6. The van der Waals surface area contributed by atoms with E-state index >= 15 is 0 Å². The molecule has 2 heterocycles. The number of imide groups is 1. The topological polar surface area (TPSA) is 79.0 Å². The van der Waals surface area contributed by atoms with Crippen molar-refractivity contribution in [3.8, 4) is 5.75 Å². The molecule has 0 bridgehead atoms. The SMILES string of the molecule is COc1ccccc1C1NN(C(=O)c2cccc(Br)c2)C2C(=O)N(c3cccc(F)c3)C(=O)C12. The molecule has 7 nitrogen and oxygen atoms in total. The number of amides is 3. The lowest BCUT2D eigenvalue weighted by Gasteiger charge is -2.25. The highest BCUT2D eigenvalue weighted by Gasteiger charge is 2.60. The van der Waals surface area contributed by atoms with Crippen LogP contribution >= 0.6 is 15.9 Å². The van der Waals surface area contributed by atoms with Crippen LogP contribution in [0.1, 0.15) is 22.0 Å². The van der Waals surface area contributed by atoms with Gasteiger partial charge in [-0.3, -0.25) is 19.4 Å². The van der Waals surface area contributed by atoms with Gasteiger partial charge in [0, 0.05) is 15.6 Å². The van der Waals surface area contributed by atoms with Crippen LogP contribution in [-0.4, -0.2) is 35.9 Å². The number of nitrogens with one attached hydrogen (secondary N) is 1. The third-order valence-corrected chi connectivity index (χ3v) is 6.56. The van der Waals surface area contributed by atoms with Crippen molar-refractivity contribution in [2.75, 3.05) is 12.0 Å². The monoisotopic (exact) mass is 523 g/mol. The molecule has 3 aromatic rings. The minimum absolute atomic E-state index is 0.123. The number of hydrogen-bond acceptors (Lipinski definition) is 5. The number of halogens is 2. The van der Waals surface area contributed by atoms with Gasteiger partial charge in [-0.05, 0) is 42.5 Å². The van der Waals surface area contributed by atoms with E-state index in [2.05, 4.69) is 21.4 Å². The van der Waals surface area contributed by atoms with Crippen LogP contribution in [-0.2, 0) is 9.59 Å². The summed E-state index contributed by atoms with van der Waals surface area (Å²) in [6.45, 7) is 0. The molecule has 0 spiro atoms. The smallest absolute Gasteiger partial charge is 0.268 e. The molecule has 3 amide bonds. The fraction of sp³-hybridized carbons (Fsp3) is 0.160. The van der Waals surface area contributed by atoms with Crippen molar-refractivity contribution in [1.29, 1.82) is 0 Å². The zero-order valence-electron chi connectivity index (χ0n) is 17.9. The Hall–Kier alpha value is -3.56. The molecule has 0 aromatic heterocycles. The van der Waals surface area contributed by atoms with E-state index in [1.165, 1.54) is 30.3 Å². The van der Waals surface area contributed by atoms with Crippen molar-refractivity contribution in [3.05, 3.63) is 94.2 Å². The minimum atomic E-state index is -1.11. The van der Waals surface area contributed by atoms with Crippen LogP contribution in [0.4, 0.5) is 10.1 Å². The van der Waals surface area contributed by atoms with Crippen LogP contribution in [0.15, 0.2) is 77.3 Å². The van der Waals surface area contributed by atoms with Gasteiger partial charge < -0.3 is 4.74 Å². The fourth-order valence-corrected chi connectivity index (χ4v) is 4.99. The second-order valence-electron chi connectivity index (χ2n) is 8.00. The predicted molar refractivity (Wildman–Crippen MR) is 125 cm³/mol. The summed E-state index contributed by atoms with van der Waals surface area (Å²) in [5, 5.41) is 1.21. The molecule has 0 radical (unpaired) electrons. The molecule has 3 aromatic carbocycles. The summed E-state index contributed by atoms with van der Waals surface area (Å²) < 4.78 is 20.1. The fourth-order valence-electron chi connectivity index (χ4n) is 4.59. The maximum absolute atomic E-state index is 13.9. The molecule has 0 aliphatic carbocycles. The van der Waals surface area contributed by atoms with Gasteiger partial charge in [-0.15, -0.1) is 0 Å². The number of fused-ring (bicyclic) bond motifs is 1. The standard InChI is InChI=1S/C25H19BrFN3O4/c1-34-19-11-3-2-10-18(19)21-20-22(30(28-21)23(31)14-6-4-7-15(26)12-14)25(33)29(24(20)32)17-9-5-8-16(27)13-17/h2-13,20-22,28H,1H3. The highest BCUT2D eigenvalue weighted by atomic mass is 79.9. The number of rotatable bonds is 4. The van der Waals surface area contributed by atoms with Crippen molar-refractivity contribution >= 4 is 39.3 Å². The maximum Gasteiger partial charge on any atom is 0.268 e. The second kappa shape index (κ2) is 8.66. The predicted octanol–water partition coefficient (Wildman–Crippen LogP) is 3.86. The summed E-state index contributed by atoms with van der Waals surface area (Å²) >= 11 is 3.36. The minimum Gasteiger partial charge on any atom is -0.496 e. The number of ether oxygens (including phenoxy) is 1. The zero-order chi connectivity index (χ0) is 24.0. The Kier molecular flexibility index (Phi) is 5.66. The molecule has 2 saturated heterocycles. The first-order chi connectivity index (χ1) is 16.4. The van der Waals surface area contributed by atoms with Crippen molar-refractivity contribution in [3.63, 3.8) is 0 Å². The van der Waals surface area contributed by atoms with Gasteiger partial charge in [-0.2, -0.15) is 0 Å². The number of para-hydroxylation sites is 1. The molecule has 5 rings (SSSR count). The summed E-state index contributed by atoms with van der Waals surface area (Å²) in [6.07, 6.45) is 0. The van der Waals surface area contributed by atoms with Gasteiger partial charge in [-0.25, -0.2) is 14.7 Å². The average Bonchev–Trinajstić information content (AvgIpc) is 3.35. The molecule has 2 fully saturated rings. The number of carbonyl (C=O) groups is 3. The number of hydrazine groups is 1. The molecule has 2 aliphatic rings. The van der Waals surface area contributed by atoms with Crippen LogP contribution in [0.3, 0.4) is 0 Å². The van der Waals surface area contributed by atoms with E-state index in [1.54, 1.807) is 48.5 Å². The van der Waals surface area contributed by atoms with Crippen LogP contribution < -0.4 is 15.1 Å². The first-order valence-corrected chi connectivity index (χ1v) is 11.3. The molecular formula is C25H19BrFN3O4. The Morgan fingerprint density at radius 2 is 1.76 bits per heavy atom. The first kappa shape index (κ1) is 22.2. The van der Waals surface area contributed by atoms with Crippen LogP contribution in [0.5, 0.6) is 5.75 Å². The van der Waals surface area contributed by atoms with Crippen molar-refractivity contribution < 1.29 is 23.5 Å². The Bertz CT molecular complexity index is 1320. The van der Waals surface area contributed by atoms with E-state index in [4.69, 9.17) is 4.74 Å². The normalized spacial score (nSPS) is 21.7. The molecular weight excluding hydrogens is 505 g/mol. The molecule has 34 heavy (non-hydrogen) atoms. The maximum atomic E-state index is 13.9. The Balaban J connectivity index is 1.61. The zero-order valence-corrected chi connectivity index (χ0v) is 19.5. The van der Waals surface area contributed by atoms with Gasteiger partial charge in [0.2, 0.25) is 5.91 Å². The molecule has 2 aliphatic heterocycles. The van der Waals surface area contributed by atoms with Crippen LogP contribution in [0, 0.1) is 11.7 Å². The Morgan fingerprint density at radius 1 is 1.00 bits per heavy atom. The Morgan fingerprint density at radius 3 is 2.50 bits per heavy atom. The van der Waals surface area contributed by atoms with E-state index in [0.717, 1.165) is 11.0 Å². The summed E-state index contributed by atoms with van der Waals surface area (Å²) in [5.41, 5.74) is 4.19. The van der Waals surface area contributed by atoms with Crippen molar-refractivity contribution in [2.24, 2.45) is 5.92 Å². The van der Waals surface area contributed by atoms with Crippen LogP contribution in [0.2, 0.25) is 0 Å². The molecule has 172 valence electrons. The van der Waals surface area contributed by atoms with Crippen LogP contribution in [0.25, 0.3) is 0 Å². The van der Waals surface area contributed by atoms with Gasteiger partial charge >= 0.3 is 0 Å². The summed E-state index contributed by atoms with van der Waals surface area (Å²) in [5.74, 6) is -2.57. The van der Waals surface area contributed by atoms with E-state index < -0.39 is 41.5 Å². The van der Waals surface area contributed by atoms with Gasteiger partial charge in [0.1, 0.15) is 17.6 Å². The number of anilines is 1. The highest BCUT2D eigenvalue weighted by Crippen LogP contribution is 2.44. The molecule has 0 saturated carbocycles. The molecule has 9 heteroatoms. The molecule has 3 atom stereocenters. The van der Waals surface area contributed by atoms with E-state index in [-0.39, 0.29) is 5.69 Å². The Labute approximate surface area is 203 Å². The van der Waals surface area contributed by atoms with Gasteiger partial charge in [0.15, 0.2) is 0 Å².